The molecule has 1 aliphatic carbocycles. The second-order valence-corrected chi connectivity index (χ2v) is 4.81. The number of hydrogen-bond acceptors (Lipinski definition) is 5. The summed E-state index contributed by atoms with van der Waals surface area (Å²) < 4.78 is 0. The molecule has 1 heterocycles. The summed E-state index contributed by atoms with van der Waals surface area (Å²) in [5.74, 6) is 0.305. The van der Waals surface area contributed by atoms with Gasteiger partial charge in [-0.05, 0) is 12.8 Å². The molecule has 2 rings (SSSR count). The lowest BCUT2D eigenvalue weighted by molar-refractivity contribution is -0.116. The highest BCUT2D eigenvalue weighted by Gasteiger charge is 2.27. The molecule has 1 aromatic heterocycles. The Kier molecular flexibility index (Phi) is 3.86. The normalized spacial score (nSPS) is 15.8. The van der Waals surface area contributed by atoms with Gasteiger partial charge in [-0.1, -0.05) is 24.4 Å². The number of nitrogen functional groups attached to an aromatic ring is 1. The maximum Gasteiger partial charge on any atom is 0.237 e. The van der Waals surface area contributed by atoms with E-state index >= 15 is 0 Å². The lowest BCUT2D eigenvalue weighted by atomic mass is 10.2. The van der Waals surface area contributed by atoms with E-state index in [1.165, 1.54) is 6.33 Å². The molecule has 1 aliphatic rings. The quantitative estimate of drug-likeness (QED) is 0.848. The Morgan fingerprint density at radius 3 is 2.72 bits per heavy atom. The van der Waals surface area contributed by atoms with E-state index in [1.807, 2.05) is 4.90 Å². The SMILES string of the molecule is NC(=O)CN(c1ncnc(N)c1Cl)C1CCCC1. The zero-order valence-electron chi connectivity index (χ0n) is 9.97. The largest absolute Gasteiger partial charge is 0.382 e. The Labute approximate surface area is 110 Å². The van der Waals surface area contributed by atoms with Gasteiger partial charge in [-0.3, -0.25) is 4.79 Å². The summed E-state index contributed by atoms with van der Waals surface area (Å²) in [5.41, 5.74) is 11.0. The van der Waals surface area contributed by atoms with E-state index in [-0.39, 0.29) is 23.4 Å². The summed E-state index contributed by atoms with van der Waals surface area (Å²) in [4.78, 5) is 21.0. The topological polar surface area (TPSA) is 98.1 Å². The zero-order valence-corrected chi connectivity index (χ0v) is 10.7. The molecule has 0 atom stereocenters. The van der Waals surface area contributed by atoms with Crippen molar-refractivity contribution in [1.29, 1.82) is 0 Å². The molecular formula is C11H16ClN5O. The Bertz CT molecular complexity index is 447. The van der Waals surface area contributed by atoms with Crippen molar-refractivity contribution in [3.63, 3.8) is 0 Å². The molecule has 18 heavy (non-hydrogen) atoms. The Morgan fingerprint density at radius 2 is 2.11 bits per heavy atom. The molecule has 0 radical (unpaired) electrons. The molecule has 1 fully saturated rings. The van der Waals surface area contributed by atoms with Crippen molar-refractivity contribution >= 4 is 29.1 Å². The lowest BCUT2D eigenvalue weighted by Gasteiger charge is -2.29. The Morgan fingerprint density at radius 1 is 1.44 bits per heavy atom. The van der Waals surface area contributed by atoms with E-state index in [0.29, 0.717) is 5.82 Å². The van der Waals surface area contributed by atoms with Crippen molar-refractivity contribution in [2.24, 2.45) is 5.73 Å². The Balaban J connectivity index is 2.32. The fourth-order valence-electron chi connectivity index (χ4n) is 2.33. The number of halogens is 1. The van der Waals surface area contributed by atoms with Gasteiger partial charge in [-0.2, -0.15) is 0 Å². The zero-order chi connectivity index (χ0) is 13.1. The number of rotatable bonds is 4. The van der Waals surface area contributed by atoms with Crippen LogP contribution in [-0.4, -0.2) is 28.5 Å². The number of carbonyl (C=O) groups is 1. The van der Waals surface area contributed by atoms with Crippen molar-refractivity contribution in [3.05, 3.63) is 11.3 Å². The number of anilines is 2. The van der Waals surface area contributed by atoms with Gasteiger partial charge >= 0.3 is 0 Å². The van der Waals surface area contributed by atoms with Gasteiger partial charge in [-0.15, -0.1) is 0 Å². The molecule has 1 saturated carbocycles. The van der Waals surface area contributed by atoms with E-state index in [1.54, 1.807) is 0 Å². The smallest absolute Gasteiger partial charge is 0.237 e. The number of nitrogens with zero attached hydrogens (tertiary/aromatic N) is 3. The van der Waals surface area contributed by atoms with Gasteiger partial charge < -0.3 is 16.4 Å². The van der Waals surface area contributed by atoms with Gasteiger partial charge in [-0.25, -0.2) is 9.97 Å². The van der Waals surface area contributed by atoms with Gasteiger partial charge in [0.1, 0.15) is 17.2 Å². The van der Waals surface area contributed by atoms with E-state index in [9.17, 15) is 4.79 Å². The predicted molar refractivity (Wildman–Crippen MR) is 70.3 cm³/mol. The third kappa shape index (κ3) is 2.64. The van der Waals surface area contributed by atoms with Crippen LogP contribution in [0.5, 0.6) is 0 Å². The second kappa shape index (κ2) is 5.39. The van der Waals surface area contributed by atoms with E-state index in [0.717, 1.165) is 25.7 Å². The highest BCUT2D eigenvalue weighted by atomic mass is 35.5. The van der Waals surface area contributed by atoms with Crippen LogP contribution in [0.4, 0.5) is 11.6 Å². The van der Waals surface area contributed by atoms with Gasteiger partial charge in [0.05, 0.1) is 6.54 Å². The van der Waals surface area contributed by atoms with Crippen LogP contribution in [0, 0.1) is 0 Å². The summed E-state index contributed by atoms with van der Waals surface area (Å²) in [5, 5.41) is 0.283. The van der Waals surface area contributed by atoms with Crippen molar-refractivity contribution in [2.45, 2.75) is 31.7 Å². The van der Waals surface area contributed by atoms with Gasteiger partial charge in [0.2, 0.25) is 5.91 Å². The molecule has 0 saturated heterocycles. The van der Waals surface area contributed by atoms with Crippen LogP contribution in [0.2, 0.25) is 5.02 Å². The number of amides is 1. The first-order chi connectivity index (χ1) is 8.59. The van der Waals surface area contributed by atoms with Gasteiger partial charge in [0.15, 0.2) is 5.82 Å². The third-order valence-corrected chi connectivity index (χ3v) is 3.52. The van der Waals surface area contributed by atoms with Crippen molar-refractivity contribution in [2.75, 3.05) is 17.2 Å². The molecule has 7 heteroatoms. The first kappa shape index (κ1) is 12.9. The third-order valence-electron chi connectivity index (χ3n) is 3.16. The highest BCUT2D eigenvalue weighted by Crippen LogP contribution is 2.32. The van der Waals surface area contributed by atoms with Crippen LogP contribution in [0.1, 0.15) is 25.7 Å². The standard InChI is InChI=1S/C11H16ClN5O/c12-9-10(14)15-6-16-11(9)17(5-8(13)18)7-3-1-2-4-7/h6-7H,1-5H2,(H2,13,18)(H2,14,15,16). The summed E-state index contributed by atoms with van der Waals surface area (Å²) in [6, 6.07) is 0.240. The Hall–Kier alpha value is -1.56. The van der Waals surface area contributed by atoms with Crippen molar-refractivity contribution in [3.8, 4) is 0 Å². The molecule has 0 aromatic carbocycles. The summed E-state index contributed by atoms with van der Waals surface area (Å²) >= 11 is 6.11. The highest BCUT2D eigenvalue weighted by molar-refractivity contribution is 6.35. The van der Waals surface area contributed by atoms with E-state index < -0.39 is 5.91 Å². The minimum absolute atomic E-state index is 0.0981. The minimum atomic E-state index is -0.407. The maximum absolute atomic E-state index is 11.2. The maximum atomic E-state index is 11.2. The molecule has 1 amide bonds. The average Bonchev–Trinajstić information content (AvgIpc) is 2.83. The number of hydrogen-bond donors (Lipinski definition) is 2. The summed E-state index contributed by atoms with van der Waals surface area (Å²) in [6.07, 6.45) is 5.64. The summed E-state index contributed by atoms with van der Waals surface area (Å²) in [7, 11) is 0. The van der Waals surface area contributed by atoms with Crippen LogP contribution >= 0.6 is 11.6 Å². The monoisotopic (exact) mass is 269 g/mol. The molecule has 4 N–H and O–H groups in total. The van der Waals surface area contributed by atoms with Crippen LogP contribution in [-0.2, 0) is 4.79 Å². The number of nitrogens with two attached hydrogens (primary N) is 2. The number of aromatic nitrogens is 2. The molecule has 6 nitrogen and oxygen atoms in total. The van der Waals surface area contributed by atoms with Gasteiger partial charge in [0.25, 0.3) is 0 Å². The lowest BCUT2D eigenvalue weighted by Crippen LogP contribution is -2.41. The number of primary amides is 1. The minimum Gasteiger partial charge on any atom is -0.382 e. The fourth-order valence-corrected chi connectivity index (χ4v) is 2.54. The van der Waals surface area contributed by atoms with Crippen LogP contribution in [0.15, 0.2) is 6.33 Å². The second-order valence-electron chi connectivity index (χ2n) is 4.43. The van der Waals surface area contributed by atoms with Crippen LogP contribution < -0.4 is 16.4 Å². The van der Waals surface area contributed by atoms with E-state index in [2.05, 4.69) is 9.97 Å². The van der Waals surface area contributed by atoms with E-state index in [4.69, 9.17) is 23.1 Å². The van der Waals surface area contributed by atoms with Crippen LogP contribution in [0.25, 0.3) is 0 Å². The van der Waals surface area contributed by atoms with Crippen molar-refractivity contribution < 1.29 is 4.79 Å². The van der Waals surface area contributed by atoms with Gasteiger partial charge in [0, 0.05) is 6.04 Å². The van der Waals surface area contributed by atoms with Crippen LogP contribution in [0.3, 0.4) is 0 Å². The number of carbonyl (C=O) groups excluding carboxylic acids is 1. The first-order valence-corrected chi connectivity index (χ1v) is 6.28. The molecule has 0 bridgehead atoms. The molecule has 0 aliphatic heterocycles. The molecule has 98 valence electrons. The molecule has 1 aromatic rings. The van der Waals surface area contributed by atoms with Crippen molar-refractivity contribution in [1.82, 2.24) is 9.97 Å². The molecule has 0 spiro atoms. The average molecular weight is 270 g/mol. The first-order valence-electron chi connectivity index (χ1n) is 5.90. The predicted octanol–water partition coefficient (Wildman–Crippen LogP) is 0.946. The summed E-state index contributed by atoms with van der Waals surface area (Å²) in [6.45, 7) is 0.0981. The molecular weight excluding hydrogens is 254 g/mol. The fraction of sp³-hybridized carbons (Fsp3) is 0.545. The molecule has 0 unspecified atom stereocenters.